The molecule has 0 radical (unpaired) electrons. The number of ketones is 1. The molecule has 2 aliphatic rings. The second kappa shape index (κ2) is 5.39. The van der Waals surface area contributed by atoms with Crippen molar-refractivity contribution in [3.63, 3.8) is 0 Å². The highest BCUT2D eigenvalue weighted by atomic mass is 16.1. The fraction of sp³-hybridized carbons (Fsp3) is 0.381. The van der Waals surface area contributed by atoms with Gasteiger partial charge in [-0.05, 0) is 54.9 Å². The lowest BCUT2D eigenvalue weighted by atomic mass is 9.85. The maximum absolute atomic E-state index is 12.9. The molecule has 0 N–H and O–H groups in total. The molecule has 4 rings (SSSR count). The van der Waals surface area contributed by atoms with Gasteiger partial charge in [0.2, 0.25) is 0 Å². The molecule has 0 amide bonds. The normalized spacial score (nSPS) is 25.4. The van der Waals surface area contributed by atoms with Crippen molar-refractivity contribution >= 4 is 16.6 Å². The first-order valence-electron chi connectivity index (χ1n) is 8.43. The van der Waals surface area contributed by atoms with Crippen molar-refractivity contribution in [1.29, 1.82) is 0 Å². The summed E-state index contributed by atoms with van der Waals surface area (Å²) in [6.07, 6.45) is 5.36. The van der Waals surface area contributed by atoms with E-state index in [0.717, 1.165) is 12.8 Å². The number of hydrogen-bond donors (Lipinski definition) is 0. The van der Waals surface area contributed by atoms with Crippen molar-refractivity contribution in [3.05, 3.63) is 59.2 Å². The zero-order valence-electron chi connectivity index (χ0n) is 13.1. The number of fused-ring (bicyclic) bond motifs is 2. The molecule has 0 saturated heterocycles. The molecule has 1 saturated carbocycles. The quantitative estimate of drug-likeness (QED) is 0.642. The SMILES string of the molecule is CC1=C2CCCC2CC(=O)C(c2cccc3ccccc23)C1. The van der Waals surface area contributed by atoms with Gasteiger partial charge in [0.25, 0.3) is 0 Å². The molecule has 0 spiro atoms. The van der Waals surface area contributed by atoms with Crippen LogP contribution in [-0.2, 0) is 4.79 Å². The number of benzene rings is 2. The Morgan fingerprint density at radius 1 is 1.00 bits per heavy atom. The summed E-state index contributed by atoms with van der Waals surface area (Å²) < 4.78 is 0. The van der Waals surface area contributed by atoms with E-state index in [9.17, 15) is 4.79 Å². The molecular weight excluding hydrogens is 268 g/mol. The zero-order valence-corrected chi connectivity index (χ0v) is 13.1. The molecule has 2 aliphatic carbocycles. The molecule has 2 aromatic rings. The maximum atomic E-state index is 12.9. The van der Waals surface area contributed by atoms with Crippen LogP contribution in [0.1, 0.15) is 50.5 Å². The molecule has 0 aromatic heterocycles. The highest BCUT2D eigenvalue weighted by Crippen LogP contribution is 2.43. The average Bonchev–Trinajstić information content (AvgIpc) is 2.96. The topological polar surface area (TPSA) is 17.1 Å². The molecule has 2 unspecified atom stereocenters. The van der Waals surface area contributed by atoms with Crippen LogP contribution in [0.25, 0.3) is 10.8 Å². The molecule has 1 nitrogen and oxygen atoms in total. The third kappa shape index (κ3) is 2.20. The lowest BCUT2D eigenvalue weighted by Crippen LogP contribution is -2.14. The van der Waals surface area contributed by atoms with Gasteiger partial charge in [-0.25, -0.2) is 0 Å². The van der Waals surface area contributed by atoms with Gasteiger partial charge < -0.3 is 0 Å². The largest absolute Gasteiger partial charge is 0.299 e. The molecule has 112 valence electrons. The number of Topliss-reactive ketones (excluding diaryl/α,β-unsaturated/α-hetero) is 1. The van der Waals surface area contributed by atoms with Crippen LogP contribution in [0.4, 0.5) is 0 Å². The van der Waals surface area contributed by atoms with E-state index in [4.69, 9.17) is 0 Å². The zero-order chi connectivity index (χ0) is 15.1. The van der Waals surface area contributed by atoms with E-state index in [2.05, 4.69) is 49.4 Å². The summed E-state index contributed by atoms with van der Waals surface area (Å²) in [5.74, 6) is 1.02. The fourth-order valence-electron chi connectivity index (χ4n) is 4.48. The van der Waals surface area contributed by atoms with Crippen LogP contribution in [0.3, 0.4) is 0 Å². The van der Waals surface area contributed by atoms with Gasteiger partial charge in [-0.1, -0.05) is 53.6 Å². The van der Waals surface area contributed by atoms with Gasteiger partial charge in [0.05, 0.1) is 0 Å². The Balaban J connectivity index is 1.81. The minimum atomic E-state index is 0.0456. The van der Waals surface area contributed by atoms with E-state index in [1.807, 2.05) is 0 Å². The van der Waals surface area contributed by atoms with Crippen molar-refractivity contribution in [1.82, 2.24) is 0 Å². The standard InChI is InChI=1S/C21H22O/c1-14-12-20(21(22)13-16-8-5-10-17(14)16)19-11-4-7-15-6-2-3-9-18(15)19/h2-4,6-7,9,11,16,20H,5,8,10,12-13H2,1H3. The average molecular weight is 290 g/mol. The molecular formula is C21H22O. The van der Waals surface area contributed by atoms with Gasteiger partial charge in [-0.2, -0.15) is 0 Å². The van der Waals surface area contributed by atoms with Crippen molar-refractivity contribution in [2.75, 3.05) is 0 Å². The van der Waals surface area contributed by atoms with Crippen LogP contribution in [-0.4, -0.2) is 5.78 Å². The minimum Gasteiger partial charge on any atom is -0.299 e. The number of carbonyl (C=O) groups is 1. The molecule has 0 bridgehead atoms. The first-order chi connectivity index (χ1) is 10.7. The van der Waals surface area contributed by atoms with E-state index in [1.54, 1.807) is 5.57 Å². The van der Waals surface area contributed by atoms with Gasteiger partial charge in [0.15, 0.2) is 0 Å². The lowest BCUT2D eigenvalue weighted by Gasteiger charge is -2.17. The predicted molar refractivity (Wildman–Crippen MR) is 91.0 cm³/mol. The summed E-state index contributed by atoms with van der Waals surface area (Å²) in [6, 6.07) is 14.8. The van der Waals surface area contributed by atoms with E-state index in [-0.39, 0.29) is 5.92 Å². The van der Waals surface area contributed by atoms with Gasteiger partial charge >= 0.3 is 0 Å². The van der Waals surface area contributed by atoms with Crippen molar-refractivity contribution in [3.8, 4) is 0 Å². The first-order valence-corrected chi connectivity index (χ1v) is 8.43. The first kappa shape index (κ1) is 13.8. The number of carbonyl (C=O) groups excluding carboxylic acids is 1. The van der Waals surface area contributed by atoms with E-state index >= 15 is 0 Å². The molecule has 0 aliphatic heterocycles. The van der Waals surface area contributed by atoms with E-state index in [1.165, 1.54) is 41.2 Å². The smallest absolute Gasteiger partial charge is 0.141 e. The number of hydrogen-bond acceptors (Lipinski definition) is 1. The Morgan fingerprint density at radius 2 is 1.82 bits per heavy atom. The summed E-state index contributed by atoms with van der Waals surface area (Å²) in [7, 11) is 0. The van der Waals surface area contributed by atoms with Crippen molar-refractivity contribution in [2.45, 2.75) is 44.9 Å². The molecule has 2 atom stereocenters. The van der Waals surface area contributed by atoms with Crippen molar-refractivity contribution in [2.24, 2.45) is 5.92 Å². The molecule has 1 heteroatoms. The summed E-state index contributed by atoms with van der Waals surface area (Å²) >= 11 is 0. The Labute approximate surface area is 132 Å². The fourth-order valence-corrected chi connectivity index (χ4v) is 4.48. The monoisotopic (exact) mass is 290 g/mol. The van der Waals surface area contributed by atoms with Gasteiger partial charge in [-0.3, -0.25) is 4.79 Å². The third-order valence-corrected chi connectivity index (χ3v) is 5.59. The minimum absolute atomic E-state index is 0.0456. The van der Waals surface area contributed by atoms with Crippen LogP contribution < -0.4 is 0 Å². The highest BCUT2D eigenvalue weighted by molar-refractivity contribution is 5.94. The third-order valence-electron chi connectivity index (χ3n) is 5.59. The summed E-state index contributed by atoms with van der Waals surface area (Å²) in [5.41, 5.74) is 4.30. The molecule has 1 fully saturated rings. The Bertz CT molecular complexity index is 763. The van der Waals surface area contributed by atoms with Crippen LogP contribution in [0, 0.1) is 5.92 Å². The van der Waals surface area contributed by atoms with Gasteiger partial charge in [0, 0.05) is 12.3 Å². The molecule has 22 heavy (non-hydrogen) atoms. The molecule has 2 aromatic carbocycles. The van der Waals surface area contributed by atoms with Gasteiger partial charge in [0.1, 0.15) is 5.78 Å². The highest BCUT2D eigenvalue weighted by Gasteiger charge is 2.33. The second-order valence-electron chi connectivity index (χ2n) is 6.89. The Kier molecular flexibility index (Phi) is 3.37. The number of allylic oxidation sites excluding steroid dienone is 2. The lowest BCUT2D eigenvalue weighted by molar-refractivity contribution is -0.120. The van der Waals surface area contributed by atoms with Crippen LogP contribution in [0.5, 0.6) is 0 Å². The summed E-state index contributed by atoms with van der Waals surface area (Å²) in [5, 5.41) is 2.48. The maximum Gasteiger partial charge on any atom is 0.141 e. The summed E-state index contributed by atoms with van der Waals surface area (Å²) in [4.78, 5) is 12.9. The summed E-state index contributed by atoms with van der Waals surface area (Å²) in [6.45, 7) is 2.25. The van der Waals surface area contributed by atoms with Crippen LogP contribution in [0.2, 0.25) is 0 Å². The second-order valence-corrected chi connectivity index (χ2v) is 6.89. The number of rotatable bonds is 1. The van der Waals surface area contributed by atoms with Crippen LogP contribution >= 0.6 is 0 Å². The van der Waals surface area contributed by atoms with Gasteiger partial charge in [-0.15, -0.1) is 0 Å². The predicted octanol–water partition coefficient (Wildman–Crippen LogP) is 5.40. The van der Waals surface area contributed by atoms with Crippen molar-refractivity contribution < 1.29 is 4.79 Å². The Hall–Kier alpha value is -1.89. The van der Waals surface area contributed by atoms with E-state index < -0.39 is 0 Å². The molecule has 0 heterocycles. The van der Waals surface area contributed by atoms with E-state index in [0.29, 0.717) is 11.7 Å². The van der Waals surface area contributed by atoms with Crippen LogP contribution in [0.15, 0.2) is 53.6 Å². The Morgan fingerprint density at radius 3 is 2.73 bits per heavy atom.